The second-order valence-electron chi connectivity index (χ2n) is 7.09. The van der Waals surface area contributed by atoms with E-state index in [-0.39, 0.29) is 18.4 Å². The number of esters is 1. The molecular formula is C18H33NO5. The van der Waals surface area contributed by atoms with Crippen molar-refractivity contribution < 1.29 is 24.2 Å². The van der Waals surface area contributed by atoms with Gasteiger partial charge in [0.15, 0.2) is 0 Å². The van der Waals surface area contributed by atoms with Crippen LogP contribution >= 0.6 is 0 Å². The average Bonchev–Trinajstić information content (AvgIpc) is 2.45. The maximum absolute atomic E-state index is 11.5. The van der Waals surface area contributed by atoms with Gasteiger partial charge >= 0.3 is 11.9 Å². The molecule has 0 radical (unpaired) electrons. The van der Waals surface area contributed by atoms with Crippen LogP contribution in [0.25, 0.3) is 0 Å². The first-order chi connectivity index (χ1) is 11.2. The summed E-state index contributed by atoms with van der Waals surface area (Å²) >= 11 is 0. The van der Waals surface area contributed by atoms with Crippen LogP contribution in [0.5, 0.6) is 0 Å². The lowest BCUT2D eigenvalue weighted by molar-refractivity contribution is -0.155. The monoisotopic (exact) mass is 343 g/mol. The van der Waals surface area contributed by atoms with Crippen molar-refractivity contribution in [2.45, 2.75) is 90.6 Å². The molecule has 6 nitrogen and oxygen atoms in total. The molecule has 0 aliphatic heterocycles. The second-order valence-corrected chi connectivity index (χ2v) is 7.09. The van der Waals surface area contributed by atoms with E-state index in [0.717, 1.165) is 51.4 Å². The maximum Gasteiger partial charge on any atom is 0.322 e. The Hall–Kier alpha value is -1.59. The summed E-state index contributed by atoms with van der Waals surface area (Å²) < 4.78 is 5.26. The molecule has 0 aromatic rings. The van der Waals surface area contributed by atoms with E-state index in [0.29, 0.717) is 12.8 Å². The molecule has 6 heteroatoms. The molecule has 0 atom stereocenters. The topological polar surface area (TPSA) is 92.7 Å². The van der Waals surface area contributed by atoms with Crippen molar-refractivity contribution in [3.63, 3.8) is 0 Å². The molecule has 0 aliphatic rings. The molecule has 0 aromatic carbocycles. The highest BCUT2D eigenvalue weighted by molar-refractivity contribution is 5.80. The van der Waals surface area contributed by atoms with Gasteiger partial charge in [-0.1, -0.05) is 38.5 Å². The molecule has 140 valence electrons. The van der Waals surface area contributed by atoms with Crippen molar-refractivity contribution in [1.82, 2.24) is 5.32 Å². The highest BCUT2D eigenvalue weighted by atomic mass is 16.6. The number of hydrogen-bond donors (Lipinski definition) is 2. The van der Waals surface area contributed by atoms with E-state index >= 15 is 0 Å². The second kappa shape index (κ2) is 12.8. The fourth-order valence-electron chi connectivity index (χ4n) is 2.27. The third kappa shape index (κ3) is 16.8. The van der Waals surface area contributed by atoms with Crippen LogP contribution in [0.15, 0.2) is 0 Å². The van der Waals surface area contributed by atoms with Gasteiger partial charge in [-0.15, -0.1) is 0 Å². The third-order valence-electron chi connectivity index (χ3n) is 3.39. The highest BCUT2D eigenvalue weighted by Gasteiger charge is 2.15. The Morgan fingerprint density at radius 2 is 1.29 bits per heavy atom. The van der Waals surface area contributed by atoms with Gasteiger partial charge in [0.25, 0.3) is 0 Å². The molecule has 0 saturated carbocycles. The standard InChI is InChI=1S/C18H33NO5/c1-18(2,3)24-17(23)13-11-9-7-5-4-6-8-10-12-15(20)19-14-16(21)22/h4-14H2,1-3H3,(H,19,20)(H,21,22). The molecule has 2 N–H and O–H groups in total. The lowest BCUT2D eigenvalue weighted by Gasteiger charge is -2.19. The Balaban J connectivity index is 3.33. The Kier molecular flexibility index (Phi) is 11.9. The third-order valence-corrected chi connectivity index (χ3v) is 3.39. The summed E-state index contributed by atoms with van der Waals surface area (Å²) in [7, 11) is 0. The summed E-state index contributed by atoms with van der Waals surface area (Å²) in [5.74, 6) is -1.33. The minimum absolute atomic E-state index is 0.122. The van der Waals surface area contributed by atoms with Gasteiger partial charge in [0, 0.05) is 12.8 Å². The number of unbranched alkanes of at least 4 members (excludes halogenated alkanes) is 7. The summed E-state index contributed by atoms with van der Waals surface area (Å²) in [4.78, 5) is 33.1. The number of hydrogen-bond acceptors (Lipinski definition) is 4. The predicted octanol–water partition coefficient (Wildman–Crippen LogP) is 3.43. The first-order valence-corrected chi connectivity index (χ1v) is 8.91. The summed E-state index contributed by atoms with van der Waals surface area (Å²) in [5, 5.41) is 10.8. The van der Waals surface area contributed by atoms with E-state index in [1.807, 2.05) is 20.8 Å². The first kappa shape index (κ1) is 22.4. The summed E-state index contributed by atoms with van der Waals surface area (Å²) in [5.41, 5.74) is -0.401. The van der Waals surface area contributed by atoms with Gasteiger partial charge < -0.3 is 15.2 Å². The van der Waals surface area contributed by atoms with Gasteiger partial charge in [0.05, 0.1) is 0 Å². The molecule has 0 bridgehead atoms. The van der Waals surface area contributed by atoms with E-state index in [1.165, 1.54) is 0 Å². The summed E-state index contributed by atoms with van der Waals surface area (Å²) in [6, 6.07) is 0. The van der Waals surface area contributed by atoms with Gasteiger partial charge in [-0.25, -0.2) is 0 Å². The number of ether oxygens (including phenoxy) is 1. The van der Waals surface area contributed by atoms with Crippen molar-refractivity contribution in [2.75, 3.05) is 6.54 Å². The van der Waals surface area contributed by atoms with Gasteiger partial charge in [-0.2, -0.15) is 0 Å². The van der Waals surface area contributed by atoms with E-state index in [1.54, 1.807) is 0 Å². The van der Waals surface area contributed by atoms with Crippen LogP contribution in [-0.4, -0.2) is 35.1 Å². The largest absolute Gasteiger partial charge is 0.480 e. The number of nitrogens with one attached hydrogen (secondary N) is 1. The number of carbonyl (C=O) groups is 3. The van der Waals surface area contributed by atoms with Crippen LogP contribution in [-0.2, 0) is 19.1 Å². The van der Waals surface area contributed by atoms with Crippen LogP contribution in [0, 0.1) is 0 Å². The normalized spacial score (nSPS) is 11.1. The van der Waals surface area contributed by atoms with E-state index < -0.39 is 11.6 Å². The highest BCUT2D eigenvalue weighted by Crippen LogP contribution is 2.13. The van der Waals surface area contributed by atoms with Crippen LogP contribution < -0.4 is 5.32 Å². The Morgan fingerprint density at radius 1 is 0.833 bits per heavy atom. The van der Waals surface area contributed by atoms with Crippen LogP contribution in [0.4, 0.5) is 0 Å². The number of carbonyl (C=O) groups excluding carboxylic acids is 2. The number of rotatable bonds is 13. The van der Waals surface area contributed by atoms with Gasteiger partial charge in [-0.05, 0) is 33.6 Å². The van der Waals surface area contributed by atoms with Crippen LogP contribution in [0.3, 0.4) is 0 Å². The average molecular weight is 343 g/mol. The smallest absolute Gasteiger partial charge is 0.322 e. The zero-order chi connectivity index (χ0) is 18.4. The Labute approximate surface area is 145 Å². The molecule has 24 heavy (non-hydrogen) atoms. The number of carboxylic acid groups (broad SMARTS) is 1. The summed E-state index contributed by atoms with van der Waals surface area (Å²) in [6.07, 6.45) is 9.03. The van der Waals surface area contributed by atoms with Crippen LogP contribution in [0.1, 0.15) is 85.0 Å². The molecule has 0 heterocycles. The minimum atomic E-state index is -1.02. The zero-order valence-corrected chi connectivity index (χ0v) is 15.4. The van der Waals surface area contributed by atoms with Gasteiger partial charge in [0.1, 0.15) is 12.1 Å². The van der Waals surface area contributed by atoms with Crippen LogP contribution in [0.2, 0.25) is 0 Å². The van der Waals surface area contributed by atoms with Gasteiger partial charge in [0.2, 0.25) is 5.91 Å². The molecule has 0 aromatic heterocycles. The lowest BCUT2D eigenvalue weighted by Crippen LogP contribution is -2.28. The molecule has 0 spiro atoms. The molecular weight excluding hydrogens is 310 g/mol. The van der Waals surface area contributed by atoms with Crippen molar-refractivity contribution in [3.05, 3.63) is 0 Å². The first-order valence-electron chi connectivity index (χ1n) is 8.91. The number of aliphatic carboxylic acids is 1. The number of carboxylic acids is 1. The molecule has 0 fully saturated rings. The van der Waals surface area contributed by atoms with Gasteiger partial charge in [-0.3, -0.25) is 14.4 Å². The van der Waals surface area contributed by atoms with Crippen molar-refractivity contribution in [1.29, 1.82) is 0 Å². The predicted molar refractivity (Wildman–Crippen MR) is 92.7 cm³/mol. The molecule has 0 rings (SSSR count). The quantitative estimate of drug-likeness (QED) is 0.395. The molecule has 1 amide bonds. The number of amides is 1. The van der Waals surface area contributed by atoms with E-state index in [4.69, 9.17) is 9.84 Å². The minimum Gasteiger partial charge on any atom is -0.480 e. The Morgan fingerprint density at radius 3 is 1.75 bits per heavy atom. The lowest BCUT2D eigenvalue weighted by atomic mass is 10.1. The molecule has 0 unspecified atom stereocenters. The Bertz CT molecular complexity index is 387. The maximum atomic E-state index is 11.5. The molecule has 0 saturated heterocycles. The van der Waals surface area contributed by atoms with E-state index in [9.17, 15) is 14.4 Å². The summed E-state index contributed by atoms with van der Waals surface area (Å²) in [6.45, 7) is 5.32. The zero-order valence-electron chi connectivity index (χ0n) is 15.4. The SMILES string of the molecule is CC(C)(C)OC(=O)CCCCCCCCCCC(=O)NCC(=O)O. The van der Waals surface area contributed by atoms with Crippen molar-refractivity contribution in [3.8, 4) is 0 Å². The fraction of sp³-hybridized carbons (Fsp3) is 0.833. The van der Waals surface area contributed by atoms with Crippen molar-refractivity contribution >= 4 is 17.8 Å². The fourth-order valence-corrected chi connectivity index (χ4v) is 2.27. The van der Waals surface area contributed by atoms with Crippen molar-refractivity contribution in [2.24, 2.45) is 0 Å². The van der Waals surface area contributed by atoms with E-state index in [2.05, 4.69) is 5.32 Å². The molecule has 0 aliphatic carbocycles.